The number of amides is 2. The lowest BCUT2D eigenvalue weighted by atomic mass is 9.92. The van der Waals surface area contributed by atoms with E-state index >= 15 is 0 Å². The second-order valence-corrected chi connectivity index (χ2v) is 5.25. The fourth-order valence-corrected chi connectivity index (χ4v) is 2.53. The van der Waals surface area contributed by atoms with Crippen molar-refractivity contribution in [3.05, 3.63) is 39.5 Å². The SMILES string of the molecule is CC(=O)C1=C(C)NC(=O)NC1c1cc(Br)ccc1O. The molecule has 1 heterocycles. The second kappa shape index (κ2) is 5.05. The predicted molar refractivity (Wildman–Crippen MR) is 73.6 cm³/mol. The maximum Gasteiger partial charge on any atom is 0.319 e. The largest absolute Gasteiger partial charge is 0.508 e. The highest BCUT2D eigenvalue weighted by Crippen LogP contribution is 2.34. The van der Waals surface area contributed by atoms with Gasteiger partial charge in [0.1, 0.15) is 5.75 Å². The lowest BCUT2D eigenvalue weighted by molar-refractivity contribution is -0.114. The zero-order valence-electron chi connectivity index (χ0n) is 10.5. The molecule has 1 aromatic carbocycles. The molecule has 0 saturated heterocycles. The van der Waals surface area contributed by atoms with Gasteiger partial charge >= 0.3 is 6.03 Å². The molecule has 3 N–H and O–H groups in total. The number of halogens is 1. The number of ketones is 1. The van der Waals surface area contributed by atoms with Crippen LogP contribution in [0, 0.1) is 0 Å². The first kappa shape index (κ1) is 13.6. The number of hydrogen-bond donors (Lipinski definition) is 3. The Morgan fingerprint density at radius 2 is 2.11 bits per heavy atom. The van der Waals surface area contributed by atoms with E-state index in [9.17, 15) is 14.7 Å². The van der Waals surface area contributed by atoms with Gasteiger partial charge in [-0.05, 0) is 32.0 Å². The summed E-state index contributed by atoms with van der Waals surface area (Å²) in [6.07, 6.45) is 0. The highest BCUT2D eigenvalue weighted by atomic mass is 79.9. The minimum absolute atomic E-state index is 0.0296. The van der Waals surface area contributed by atoms with Crippen LogP contribution in [0.25, 0.3) is 0 Å². The van der Waals surface area contributed by atoms with Gasteiger partial charge in [0.05, 0.1) is 6.04 Å². The van der Waals surface area contributed by atoms with E-state index in [1.165, 1.54) is 13.0 Å². The lowest BCUT2D eigenvalue weighted by Gasteiger charge is -2.28. The van der Waals surface area contributed by atoms with Crippen LogP contribution < -0.4 is 10.6 Å². The van der Waals surface area contributed by atoms with Gasteiger partial charge in [0.25, 0.3) is 0 Å². The third kappa shape index (κ3) is 2.63. The molecule has 0 spiro atoms. The number of carbonyl (C=O) groups excluding carboxylic acids is 2. The Balaban J connectivity index is 2.58. The molecular formula is C13H13BrN2O3. The number of phenolic OH excluding ortho intramolecular Hbond substituents is 1. The third-order valence-electron chi connectivity index (χ3n) is 2.95. The molecule has 0 aliphatic carbocycles. The molecule has 1 atom stereocenters. The van der Waals surface area contributed by atoms with Crippen molar-refractivity contribution in [3.8, 4) is 5.75 Å². The van der Waals surface area contributed by atoms with Crippen molar-refractivity contribution < 1.29 is 14.7 Å². The van der Waals surface area contributed by atoms with Crippen LogP contribution in [0.5, 0.6) is 5.75 Å². The first-order valence-corrected chi connectivity index (χ1v) is 6.47. The monoisotopic (exact) mass is 324 g/mol. The molecule has 2 amide bonds. The first-order valence-electron chi connectivity index (χ1n) is 5.67. The van der Waals surface area contributed by atoms with Gasteiger partial charge in [0.15, 0.2) is 5.78 Å². The number of hydrogen-bond acceptors (Lipinski definition) is 3. The van der Waals surface area contributed by atoms with Crippen molar-refractivity contribution >= 4 is 27.7 Å². The molecule has 0 aromatic heterocycles. The molecule has 0 fully saturated rings. The summed E-state index contributed by atoms with van der Waals surface area (Å²) in [6, 6.07) is 3.84. The fourth-order valence-electron chi connectivity index (χ4n) is 2.15. The van der Waals surface area contributed by atoms with E-state index in [4.69, 9.17) is 0 Å². The summed E-state index contributed by atoms with van der Waals surface area (Å²) in [5.74, 6) is -0.128. The van der Waals surface area contributed by atoms with Gasteiger partial charge in [0, 0.05) is 21.3 Å². The van der Waals surface area contributed by atoms with E-state index < -0.39 is 12.1 Å². The molecule has 19 heavy (non-hydrogen) atoms. The van der Waals surface area contributed by atoms with Crippen LogP contribution in [0.4, 0.5) is 4.79 Å². The molecular weight excluding hydrogens is 312 g/mol. The van der Waals surface area contributed by atoms with Crippen molar-refractivity contribution in [1.82, 2.24) is 10.6 Å². The van der Waals surface area contributed by atoms with Crippen LogP contribution >= 0.6 is 15.9 Å². The van der Waals surface area contributed by atoms with Crippen LogP contribution in [-0.2, 0) is 4.79 Å². The average Bonchev–Trinajstić information content (AvgIpc) is 2.30. The van der Waals surface area contributed by atoms with Gasteiger partial charge in [-0.1, -0.05) is 15.9 Å². The summed E-state index contributed by atoms with van der Waals surface area (Å²) in [6.45, 7) is 3.09. The van der Waals surface area contributed by atoms with Crippen LogP contribution in [0.3, 0.4) is 0 Å². The molecule has 0 radical (unpaired) electrons. The van der Waals surface area contributed by atoms with Crippen molar-refractivity contribution in [2.45, 2.75) is 19.9 Å². The molecule has 2 rings (SSSR count). The van der Waals surface area contributed by atoms with Crippen molar-refractivity contribution in [2.75, 3.05) is 0 Å². The molecule has 100 valence electrons. The Morgan fingerprint density at radius 3 is 2.74 bits per heavy atom. The number of Topliss-reactive ketones (excluding diaryl/α,β-unsaturated/α-hetero) is 1. The van der Waals surface area contributed by atoms with Crippen molar-refractivity contribution in [2.24, 2.45) is 0 Å². The predicted octanol–water partition coefficient (Wildman–Crippen LogP) is 2.37. The molecule has 5 nitrogen and oxygen atoms in total. The Kier molecular flexibility index (Phi) is 3.61. The summed E-state index contributed by atoms with van der Waals surface area (Å²) >= 11 is 3.31. The minimum Gasteiger partial charge on any atom is -0.508 e. The third-order valence-corrected chi connectivity index (χ3v) is 3.44. The Hall–Kier alpha value is -1.82. The van der Waals surface area contributed by atoms with E-state index in [0.29, 0.717) is 16.8 Å². The standard InChI is InChI=1S/C13H13BrN2O3/c1-6-11(7(2)17)12(16-13(19)15-6)9-5-8(14)3-4-10(9)18/h3-5,12,18H,1-2H3,(H2,15,16,19). The van der Waals surface area contributed by atoms with Gasteiger partial charge in [-0.2, -0.15) is 0 Å². The van der Waals surface area contributed by atoms with Crippen molar-refractivity contribution in [1.29, 1.82) is 0 Å². The molecule has 1 aromatic rings. The summed E-state index contributed by atoms with van der Waals surface area (Å²) in [7, 11) is 0. The highest BCUT2D eigenvalue weighted by molar-refractivity contribution is 9.10. The van der Waals surface area contributed by atoms with Crippen LogP contribution in [0.1, 0.15) is 25.5 Å². The van der Waals surface area contributed by atoms with Crippen molar-refractivity contribution in [3.63, 3.8) is 0 Å². The summed E-state index contributed by atoms with van der Waals surface area (Å²) in [4.78, 5) is 23.3. The molecule has 0 bridgehead atoms. The summed E-state index contributed by atoms with van der Waals surface area (Å²) in [5, 5.41) is 15.1. The lowest BCUT2D eigenvalue weighted by Crippen LogP contribution is -2.44. The number of urea groups is 1. The number of benzene rings is 1. The maximum absolute atomic E-state index is 11.8. The Labute approximate surface area is 118 Å². The topological polar surface area (TPSA) is 78.4 Å². The van der Waals surface area contributed by atoms with Gasteiger partial charge in [-0.25, -0.2) is 4.79 Å². The zero-order chi connectivity index (χ0) is 14.2. The van der Waals surface area contributed by atoms with Gasteiger partial charge in [0.2, 0.25) is 0 Å². The second-order valence-electron chi connectivity index (χ2n) is 4.33. The zero-order valence-corrected chi connectivity index (χ0v) is 12.0. The van der Waals surface area contributed by atoms with Gasteiger partial charge < -0.3 is 15.7 Å². The van der Waals surface area contributed by atoms with Crippen LogP contribution in [0.15, 0.2) is 33.9 Å². The average molecular weight is 325 g/mol. The van der Waals surface area contributed by atoms with Crippen LogP contribution in [0.2, 0.25) is 0 Å². The van der Waals surface area contributed by atoms with Gasteiger partial charge in [-0.15, -0.1) is 0 Å². The van der Waals surface area contributed by atoms with Crippen LogP contribution in [-0.4, -0.2) is 16.9 Å². The van der Waals surface area contributed by atoms with E-state index in [2.05, 4.69) is 26.6 Å². The van der Waals surface area contributed by atoms with E-state index in [0.717, 1.165) is 4.47 Å². The summed E-state index contributed by atoms with van der Waals surface area (Å²) < 4.78 is 0.758. The van der Waals surface area contributed by atoms with Gasteiger partial charge in [-0.3, -0.25) is 4.79 Å². The minimum atomic E-state index is -0.649. The normalized spacial score (nSPS) is 18.9. The highest BCUT2D eigenvalue weighted by Gasteiger charge is 2.30. The Morgan fingerprint density at radius 1 is 1.42 bits per heavy atom. The van der Waals surface area contributed by atoms with E-state index in [1.807, 2.05) is 0 Å². The molecule has 1 unspecified atom stereocenters. The number of allylic oxidation sites excluding steroid dienone is 1. The first-order chi connectivity index (χ1) is 8.90. The van der Waals surface area contributed by atoms with E-state index in [1.54, 1.807) is 19.1 Å². The number of aromatic hydroxyl groups is 1. The molecule has 1 aliphatic rings. The fraction of sp³-hybridized carbons (Fsp3) is 0.231. The van der Waals surface area contributed by atoms with E-state index in [-0.39, 0.29) is 11.5 Å². The summed E-state index contributed by atoms with van der Waals surface area (Å²) in [5.41, 5.74) is 1.42. The Bertz CT molecular complexity index is 596. The molecule has 0 saturated carbocycles. The molecule has 6 heteroatoms. The maximum atomic E-state index is 11.8. The smallest absolute Gasteiger partial charge is 0.319 e. The number of phenols is 1. The molecule has 1 aliphatic heterocycles. The number of nitrogens with one attached hydrogen (secondary N) is 2. The quantitative estimate of drug-likeness (QED) is 0.781. The number of carbonyl (C=O) groups is 2. The number of rotatable bonds is 2.